The van der Waals surface area contributed by atoms with Gasteiger partial charge in [0.15, 0.2) is 0 Å². The Morgan fingerprint density at radius 2 is 1.14 bits per heavy atom. The number of Topliss-reactive ketones (excluding diaryl/α,β-unsaturated/α-hetero) is 1. The summed E-state index contributed by atoms with van der Waals surface area (Å²) in [6, 6.07) is -6.98. The fourth-order valence-electron chi connectivity index (χ4n) is 9.65. The lowest BCUT2D eigenvalue weighted by Crippen LogP contribution is -2.61. The molecular formula is C59H88N14O18. The van der Waals surface area contributed by atoms with E-state index >= 15 is 0 Å². The molecule has 1 aromatic carbocycles. The van der Waals surface area contributed by atoms with Crippen LogP contribution in [0.25, 0.3) is 0 Å². The fraction of sp³-hybridized carbons (Fsp3) is 0.593. The number of amides is 12. The van der Waals surface area contributed by atoms with E-state index in [4.69, 9.17) is 10.8 Å². The van der Waals surface area contributed by atoms with Crippen LogP contribution in [0.1, 0.15) is 130 Å². The second-order valence-electron chi connectivity index (χ2n) is 23.0. The number of carboxylic acid groups (broad SMARTS) is 2. The van der Waals surface area contributed by atoms with Crippen molar-refractivity contribution in [1.82, 2.24) is 68.0 Å². The number of aromatic amines is 1. The maximum Gasteiger partial charge on any atom is 0.303 e. The van der Waals surface area contributed by atoms with Gasteiger partial charge in [-0.1, -0.05) is 77.8 Å². The first-order valence-electron chi connectivity index (χ1n) is 30.0. The van der Waals surface area contributed by atoms with Crippen LogP contribution in [0.5, 0.6) is 0 Å². The molecule has 32 heteroatoms. The van der Waals surface area contributed by atoms with Gasteiger partial charge in [0.2, 0.25) is 70.8 Å². The maximum atomic E-state index is 14.4. The number of ketones is 1. The number of hydrogen-bond acceptors (Lipinski definition) is 17. The van der Waals surface area contributed by atoms with E-state index in [2.05, 4.69) is 63.1 Å². The number of benzene rings is 1. The number of aliphatic carboxylic acids is 2. The Morgan fingerprint density at radius 1 is 0.626 bits per heavy atom. The van der Waals surface area contributed by atoms with Crippen molar-refractivity contribution in [1.29, 1.82) is 0 Å². The third-order valence-corrected chi connectivity index (χ3v) is 14.7. The van der Waals surface area contributed by atoms with Crippen LogP contribution in [0.2, 0.25) is 0 Å². The third kappa shape index (κ3) is 24.9. The summed E-state index contributed by atoms with van der Waals surface area (Å²) in [4.78, 5) is 206. The second kappa shape index (κ2) is 37.0. The lowest BCUT2D eigenvalue weighted by molar-refractivity contribution is -0.144. The highest BCUT2D eigenvalue weighted by Crippen LogP contribution is 2.22. The Morgan fingerprint density at radius 3 is 1.66 bits per heavy atom. The van der Waals surface area contributed by atoms with Crippen molar-refractivity contribution < 1.29 is 87.2 Å². The molecule has 1 fully saturated rings. The Labute approximate surface area is 526 Å². The molecule has 0 spiro atoms. The van der Waals surface area contributed by atoms with Gasteiger partial charge in [0, 0.05) is 51.0 Å². The molecule has 16 N–H and O–H groups in total. The number of nitrogens with zero attached hydrogens (tertiary/aromatic N) is 2. The highest BCUT2D eigenvalue weighted by Gasteiger charge is 2.42. The molecular weight excluding hydrogens is 1190 g/mol. The fourth-order valence-corrected chi connectivity index (χ4v) is 9.65. The lowest BCUT2D eigenvalue weighted by Gasteiger charge is -2.33. The quantitative estimate of drug-likeness (QED) is 0.0293. The van der Waals surface area contributed by atoms with E-state index in [1.807, 2.05) is 6.92 Å². The van der Waals surface area contributed by atoms with Crippen LogP contribution in [0, 0.1) is 18.8 Å². The van der Waals surface area contributed by atoms with Crippen LogP contribution >= 0.6 is 0 Å². The summed E-state index contributed by atoms with van der Waals surface area (Å²) in [5.41, 5.74) is 7.39. The normalized spacial score (nSPS) is 16.1. The Hall–Kier alpha value is -9.36. The van der Waals surface area contributed by atoms with Crippen LogP contribution < -0.4 is 58.9 Å². The predicted molar refractivity (Wildman–Crippen MR) is 322 cm³/mol. The van der Waals surface area contributed by atoms with Gasteiger partial charge in [-0.25, -0.2) is 4.98 Å². The zero-order valence-electron chi connectivity index (χ0n) is 52.6. The van der Waals surface area contributed by atoms with E-state index in [-0.39, 0.29) is 51.5 Å². The number of nitrogens with one attached hydrogen (secondary N) is 11. The second-order valence-corrected chi connectivity index (χ2v) is 23.0. The molecule has 1 aromatic heterocycles. The van der Waals surface area contributed by atoms with Crippen LogP contribution in [0.3, 0.4) is 0 Å². The molecule has 12 amide bonds. The van der Waals surface area contributed by atoms with E-state index in [1.54, 1.807) is 65.8 Å². The lowest BCUT2D eigenvalue weighted by atomic mass is 9.98. The minimum atomic E-state index is -1.78. The molecule has 0 bridgehead atoms. The SMILES string of the molecule is CCC[C@H](NC(=O)[C@@H]1CCCN1C(=O)[C@@H](NC(=O)[C@@H](NC(=O)[C@H](CCC(=O)O)NC(=O)[C@H](CCC(=O)O)NC(C)=O)C(C)C)C(C)C)C(=O)C(=O)NCC(=O)N[C@H](C(=O)N[C@@H](Cc1cnc[nH]1)C(=O)N[C@@H](Cc1ccc(C)cc1)C(=O)N[C@@H](CC)C(N)=O)C(C)O. The number of hydrogen-bond donors (Lipinski definition) is 15. The highest BCUT2D eigenvalue weighted by atomic mass is 16.4. The van der Waals surface area contributed by atoms with Gasteiger partial charge in [-0.15, -0.1) is 0 Å². The van der Waals surface area contributed by atoms with E-state index in [1.165, 1.54) is 17.4 Å². The standard InChI is InChI=1S/C59H88N14O18/c1-10-13-37(66-55(87)42-14-12-23-73(42)59(91)47(30(5)6)72-56(88)46(29(3)4)71-52(84)39(20-22-45(79)80)67-51(83)38(64-33(9)75)19-21-44(77)78)49(81)58(90)62-27-43(76)70-48(32(8)74)57(89)69-41(25-35-26-61-28-63-35)54(86)68-40(24-34-17-15-31(7)16-18-34)53(85)65-36(11-2)50(60)82/h15-18,26,28-30,32,36-42,46-48,74H,10-14,19-25,27H2,1-9H3,(H2,60,82)(H,61,63)(H,62,90)(H,64,75)(H,65,85)(H,66,87)(H,67,83)(H,68,86)(H,69,89)(H,70,76)(H,71,84)(H,72,88)(H,77,78)(H,79,80)/t32?,36-,37-,38-,39-,40-,41-,42-,46-,47-,48-/m0/s1. The van der Waals surface area contributed by atoms with Gasteiger partial charge < -0.3 is 84.1 Å². The first-order chi connectivity index (χ1) is 42.8. The number of primary amides is 1. The average molecular weight is 1280 g/mol. The van der Waals surface area contributed by atoms with Crippen molar-refractivity contribution in [3.05, 3.63) is 53.6 Å². The minimum Gasteiger partial charge on any atom is -0.481 e. The molecule has 91 heavy (non-hydrogen) atoms. The van der Waals surface area contributed by atoms with Crippen molar-refractivity contribution in [2.45, 2.75) is 199 Å². The number of likely N-dealkylation sites (tertiary alicyclic amines) is 1. The first-order valence-corrected chi connectivity index (χ1v) is 30.0. The van der Waals surface area contributed by atoms with Crippen molar-refractivity contribution in [3.63, 3.8) is 0 Å². The largest absolute Gasteiger partial charge is 0.481 e. The number of aliphatic hydroxyl groups excluding tert-OH is 1. The molecule has 1 aliphatic heterocycles. The molecule has 11 atom stereocenters. The summed E-state index contributed by atoms with van der Waals surface area (Å²) >= 11 is 0. The molecule has 3 rings (SSSR count). The number of imidazole rings is 1. The molecule has 2 aromatic rings. The molecule has 32 nitrogen and oxygen atoms in total. The number of rotatable bonds is 38. The van der Waals surface area contributed by atoms with Gasteiger partial charge in [-0.3, -0.25) is 71.9 Å². The van der Waals surface area contributed by atoms with Crippen LogP contribution in [-0.4, -0.2) is 198 Å². The Balaban J connectivity index is 1.73. The van der Waals surface area contributed by atoms with Crippen molar-refractivity contribution in [2.75, 3.05) is 13.1 Å². The zero-order chi connectivity index (χ0) is 68.4. The summed E-state index contributed by atoms with van der Waals surface area (Å²) in [6.45, 7) is 12.8. The third-order valence-electron chi connectivity index (χ3n) is 14.7. The number of aliphatic hydroxyl groups is 1. The van der Waals surface area contributed by atoms with Gasteiger partial charge in [-0.05, 0) is 69.8 Å². The number of H-pyrrole nitrogens is 1. The van der Waals surface area contributed by atoms with Gasteiger partial charge in [0.1, 0.15) is 54.4 Å². The summed E-state index contributed by atoms with van der Waals surface area (Å²) in [5.74, 6) is -16.2. The Bertz CT molecular complexity index is 2920. The summed E-state index contributed by atoms with van der Waals surface area (Å²) in [7, 11) is 0. The number of aryl methyl sites for hydroxylation is 1. The number of nitrogens with two attached hydrogens (primary N) is 1. The smallest absolute Gasteiger partial charge is 0.303 e. The number of aromatic nitrogens is 2. The summed E-state index contributed by atoms with van der Waals surface area (Å²) in [6.07, 6.45) is -0.546. The average Bonchev–Trinajstić information content (AvgIpc) is 2.37. The molecule has 1 unspecified atom stereocenters. The van der Waals surface area contributed by atoms with Crippen LogP contribution in [0.15, 0.2) is 36.8 Å². The first kappa shape index (κ1) is 75.9. The number of carboxylic acids is 2. The molecule has 2 heterocycles. The molecule has 1 saturated heterocycles. The van der Waals surface area contributed by atoms with Crippen molar-refractivity contribution in [3.8, 4) is 0 Å². The minimum absolute atomic E-state index is 0.0235. The zero-order valence-corrected chi connectivity index (χ0v) is 52.6. The Kier molecular flexibility index (Phi) is 30.8. The maximum absolute atomic E-state index is 14.4. The number of carbonyl (C=O) groups excluding carboxylic acids is 13. The van der Waals surface area contributed by atoms with E-state index in [0.717, 1.165) is 19.4 Å². The summed E-state index contributed by atoms with van der Waals surface area (Å²) in [5, 5.41) is 53.7. The molecule has 0 saturated carbocycles. The van der Waals surface area contributed by atoms with E-state index in [9.17, 15) is 82.1 Å². The molecule has 1 aliphatic rings. The van der Waals surface area contributed by atoms with Gasteiger partial charge in [0.25, 0.3) is 5.91 Å². The topological polar surface area (TPSA) is 495 Å². The molecule has 0 aliphatic carbocycles. The summed E-state index contributed by atoms with van der Waals surface area (Å²) < 4.78 is 0. The van der Waals surface area contributed by atoms with Gasteiger partial charge in [0.05, 0.1) is 25.0 Å². The van der Waals surface area contributed by atoms with Crippen molar-refractivity contribution in [2.24, 2.45) is 17.6 Å². The van der Waals surface area contributed by atoms with Gasteiger partial charge in [-0.2, -0.15) is 0 Å². The van der Waals surface area contributed by atoms with Crippen LogP contribution in [0.4, 0.5) is 0 Å². The molecule has 502 valence electrons. The highest BCUT2D eigenvalue weighted by molar-refractivity contribution is 6.38. The molecule has 0 radical (unpaired) electrons. The van der Waals surface area contributed by atoms with Gasteiger partial charge >= 0.3 is 11.9 Å². The monoisotopic (exact) mass is 1280 g/mol. The van der Waals surface area contributed by atoms with Crippen LogP contribution in [-0.2, 0) is 84.8 Å². The van der Waals surface area contributed by atoms with E-state index < -0.39 is 193 Å². The predicted octanol–water partition coefficient (Wildman–Crippen LogP) is -3.32. The number of carbonyl (C=O) groups is 15. The van der Waals surface area contributed by atoms with E-state index in [0.29, 0.717) is 17.7 Å². The van der Waals surface area contributed by atoms with Crippen molar-refractivity contribution >= 4 is 88.6 Å².